The van der Waals surface area contributed by atoms with Gasteiger partial charge in [-0.25, -0.2) is 0 Å². The third-order valence-electron chi connectivity index (χ3n) is 2.91. The molecule has 0 N–H and O–H groups in total. The van der Waals surface area contributed by atoms with Crippen molar-refractivity contribution in [3.05, 3.63) is 41.7 Å². The van der Waals surface area contributed by atoms with Gasteiger partial charge in [-0.15, -0.1) is 0 Å². The number of benzene rings is 1. The number of hydrogen-bond donors (Lipinski definition) is 0. The van der Waals surface area contributed by atoms with Crippen molar-refractivity contribution in [3.8, 4) is 0 Å². The topological polar surface area (TPSA) is 13.1 Å². The number of para-hydroxylation sites is 1. The Labute approximate surface area is 83.0 Å². The van der Waals surface area contributed by atoms with E-state index in [0.29, 0.717) is 5.92 Å². The molecule has 1 aliphatic carbocycles. The Kier molecular flexibility index (Phi) is 1.54. The lowest BCUT2D eigenvalue weighted by Crippen LogP contribution is -1.96. The van der Waals surface area contributed by atoms with Gasteiger partial charge >= 0.3 is 0 Å². The summed E-state index contributed by atoms with van der Waals surface area (Å²) in [6, 6.07) is 8.27. The molecule has 0 bridgehead atoms. The molecule has 1 aromatic heterocycles. The SMILES string of the molecule is CC1CC=Cc2oc3ccccc3c21. The second-order valence-corrected chi connectivity index (χ2v) is 3.92. The van der Waals surface area contributed by atoms with Gasteiger partial charge in [0.15, 0.2) is 0 Å². The van der Waals surface area contributed by atoms with Crippen LogP contribution in [0.25, 0.3) is 17.0 Å². The second-order valence-electron chi connectivity index (χ2n) is 3.92. The number of hydrogen-bond acceptors (Lipinski definition) is 1. The minimum absolute atomic E-state index is 0.582. The first-order chi connectivity index (χ1) is 6.86. The molecule has 0 amide bonds. The Morgan fingerprint density at radius 3 is 3.07 bits per heavy atom. The Hall–Kier alpha value is -1.50. The maximum absolute atomic E-state index is 5.77. The van der Waals surface area contributed by atoms with E-state index in [1.807, 2.05) is 12.1 Å². The van der Waals surface area contributed by atoms with Gasteiger partial charge in [0, 0.05) is 10.9 Å². The van der Waals surface area contributed by atoms with Crippen LogP contribution in [0.5, 0.6) is 0 Å². The van der Waals surface area contributed by atoms with E-state index >= 15 is 0 Å². The standard InChI is InChI=1S/C13H12O/c1-9-5-4-8-12-13(9)10-6-2-3-7-11(10)14-12/h2-4,6-9H,5H2,1H3. The number of allylic oxidation sites excluding steroid dienone is 1. The third kappa shape index (κ3) is 0.955. The van der Waals surface area contributed by atoms with E-state index in [9.17, 15) is 0 Å². The molecule has 3 rings (SSSR count). The molecule has 14 heavy (non-hydrogen) atoms. The molecular formula is C13H12O. The Morgan fingerprint density at radius 1 is 1.29 bits per heavy atom. The molecule has 1 atom stereocenters. The van der Waals surface area contributed by atoms with Crippen molar-refractivity contribution in [2.45, 2.75) is 19.3 Å². The molecule has 1 nitrogen and oxygen atoms in total. The summed E-state index contributed by atoms with van der Waals surface area (Å²) < 4.78 is 5.77. The molecule has 1 heteroatoms. The highest BCUT2D eigenvalue weighted by Crippen LogP contribution is 2.37. The molecule has 1 aromatic carbocycles. The molecule has 1 unspecified atom stereocenters. The monoisotopic (exact) mass is 184 g/mol. The Balaban J connectivity index is 2.40. The van der Waals surface area contributed by atoms with Gasteiger partial charge < -0.3 is 4.42 Å². The van der Waals surface area contributed by atoms with Crippen LogP contribution in [-0.2, 0) is 0 Å². The molecule has 1 heterocycles. The normalized spacial score (nSPS) is 19.9. The fourth-order valence-corrected chi connectivity index (χ4v) is 2.21. The molecule has 70 valence electrons. The smallest absolute Gasteiger partial charge is 0.135 e. The largest absolute Gasteiger partial charge is 0.456 e. The molecule has 0 spiro atoms. The summed E-state index contributed by atoms with van der Waals surface area (Å²) in [6.07, 6.45) is 5.40. The lowest BCUT2D eigenvalue weighted by atomic mass is 9.91. The summed E-state index contributed by atoms with van der Waals surface area (Å²) in [4.78, 5) is 0. The van der Waals surface area contributed by atoms with Gasteiger partial charge in [0.25, 0.3) is 0 Å². The lowest BCUT2D eigenvalue weighted by Gasteiger charge is -2.12. The fourth-order valence-electron chi connectivity index (χ4n) is 2.21. The van der Waals surface area contributed by atoms with Crippen LogP contribution in [0.15, 0.2) is 34.8 Å². The van der Waals surface area contributed by atoms with E-state index in [2.05, 4.69) is 31.2 Å². The summed E-state index contributed by atoms with van der Waals surface area (Å²) in [5, 5.41) is 1.28. The second kappa shape index (κ2) is 2.74. The zero-order valence-corrected chi connectivity index (χ0v) is 8.16. The van der Waals surface area contributed by atoms with Crippen molar-refractivity contribution < 1.29 is 4.42 Å². The van der Waals surface area contributed by atoms with Gasteiger partial charge in [-0.1, -0.05) is 31.2 Å². The molecule has 1 aliphatic rings. The van der Waals surface area contributed by atoms with Gasteiger partial charge in [0.2, 0.25) is 0 Å². The summed E-state index contributed by atoms with van der Waals surface area (Å²) in [5.74, 6) is 1.63. The fraction of sp³-hybridized carbons (Fsp3) is 0.231. The van der Waals surface area contributed by atoms with Crippen molar-refractivity contribution >= 4 is 17.0 Å². The van der Waals surface area contributed by atoms with Gasteiger partial charge in [-0.05, 0) is 24.5 Å². The number of rotatable bonds is 0. The van der Waals surface area contributed by atoms with Crippen LogP contribution < -0.4 is 0 Å². The molecule has 0 aliphatic heterocycles. The van der Waals surface area contributed by atoms with Crippen molar-refractivity contribution in [1.82, 2.24) is 0 Å². The zero-order chi connectivity index (χ0) is 9.54. The maximum atomic E-state index is 5.77. The predicted octanol–water partition coefficient (Wildman–Crippen LogP) is 3.95. The summed E-state index contributed by atoms with van der Waals surface area (Å²) in [5.41, 5.74) is 2.39. The van der Waals surface area contributed by atoms with E-state index in [-0.39, 0.29) is 0 Å². The predicted molar refractivity (Wildman–Crippen MR) is 58.3 cm³/mol. The minimum atomic E-state index is 0.582. The maximum Gasteiger partial charge on any atom is 0.135 e. The quantitative estimate of drug-likeness (QED) is 0.604. The molecule has 0 saturated carbocycles. The van der Waals surface area contributed by atoms with Gasteiger partial charge in [-0.3, -0.25) is 0 Å². The van der Waals surface area contributed by atoms with Crippen molar-refractivity contribution in [3.63, 3.8) is 0 Å². The van der Waals surface area contributed by atoms with Crippen LogP contribution >= 0.6 is 0 Å². The van der Waals surface area contributed by atoms with Crippen LogP contribution in [0.3, 0.4) is 0 Å². The van der Waals surface area contributed by atoms with E-state index in [0.717, 1.165) is 17.8 Å². The number of fused-ring (bicyclic) bond motifs is 3. The van der Waals surface area contributed by atoms with Crippen molar-refractivity contribution in [2.24, 2.45) is 0 Å². The van der Waals surface area contributed by atoms with E-state index in [1.165, 1.54) is 10.9 Å². The molecule has 2 aromatic rings. The highest BCUT2D eigenvalue weighted by Gasteiger charge is 2.19. The van der Waals surface area contributed by atoms with Crippen LogP contribution in [0.4, 0.5) is 0 Å². The zero-order valence-electron chi connectivity index (χ0n) is 8.16. The molecule has 0 fully saturated rings. The van der Waals surface area contributed by atoms with Gasteiger partial charge in [-0.2, -0.15) is 0 Å². The highest BCUT2D eigenvalue weighted by atomic mass is 16.3. The molecule has 0 saturated heterocycles. The molecule has 0 radical (unpaired) electrons. The van der Waals surface area contributed by atoms with E-state index in [4.69, 9.17) is 4.42 Å². The van der Waals surface area contributed by atoms with Gasteiger partial charge in [0.05, 0.1) is 0 Å². The van der Waals surface area contributed by atoms with Crippen molar-refractivity contribution in [2.75, 3.05) is 0 Å². The van der Waals surface area contributed by atoms with Crippen LogP contribution in [0.2, 0.25) is 0 Å². The Bertz CT molecular complexity index is 505. The highest BCUT2D eigenvalue weighted by molar-refractivity contribution is 5.85. The average molecular weight is 184 g/mol. The third-order valence-corrected chi connectivity index (χ3v) is 2.91. The molecular weight excluding hydrogens is 172 g/mol. The number of furan rings is 1. The minimum Gasteiger partial charge on any atom is -0.456 e. The van der Waals surface area contributed by atoms with Gasteiger partial charge in [0.1, 0.15) is 11.3 Å². The lowest BCUT2D eigenvalue weighted by molar-refractivity contribution is 0.586. The first kappa shape index (κ1) is 7.86. The van der Waals surface area contributed by atoms with E-state index < -0.39 is 0 Å². The Morgan fingerprint density at radius 2 is 2.14 bits per heavy atom. The van der Waals surface area contributed by atoms with Crippen LogP contribution in [0, 0.1) is 0 Å². The van der Waals surface area contributed by atoms with E-state index in [1.54, 1.807) is 0 Å². The summed E-state index contributed by atoms with van der Waals surface area (Å²) >= 11 is 0. The summed E-state index contributed by atoms with van der Waals surface area (Å²) in [7, 11) is 0. The first-order valence-electron chi connectivity index (χ1n) is 5.04. The van der Waals surface area contributed by atoms with Crippen LogP contribution in [-0.4, -0.2) is 0 Å². The van der Waals surface area contributed by atoms with Crippen molar-refractivity contribution in [1.29, 1.82) is 0 Å². The first-order valence-corrected chi connectivity index (χ1v) is 5.04. The average Bonchev–Trinajstić information content (AvgIpc) is 2.57. The van der Waals surface area contributed by atoms with Crippen LogP contribution in [0.1, 0.15) is 30.6 Å². The summed E-state index contributed by atoms with van der Waals surface area (Å²) in [6.45, 7) is 2.25.